The van der Waals surface area contributed by atoms with Gasteiger partial charge >= 0.3 is 6.03 Å². The molecule has 0 aliphatic rings. The van der Waals surface area contributed by atoms with Crippen molar-refractivity contribution in [1.29, 1.82) is 0 Å². The van der Waals surface area contributed by atoms with E-state index < -0.39 is 0 Å². The molecule has 0 radical (unpaired) electrons. The number of hydrogen-bond donors (Lipinski definition) is 3. The molecule has 1 rings (SSSR count). The molecule has 3 N–H and O–H groups in total. The number of ether oxygens (including phenoxy) is 1. The molecule has 0 heterocycles. The number of rotatable bonds is 6. The summed E-state index contributed by atoms with van der Waals surface area (Å²) in [5.41, 5.74) is 0.585. The summed E-state index contributed by atoms with van der Waals surface area (Å²) < 4.78 is 5.61. The monoisotopic (exact) mass is 293 g/mol. The van der Waals surface area contributed by atoms with Crippen molar-refractivity contribution in [2.45, 2.75) is 39.8 Å². The highest BCUT2D eigenvalue weighted by atomic mass is 16.5. The number of benzene rings is 1. The molecule has 0 fully saturated rings. The Morgan fingerprint density at radius 1 is 1.14 bits per heavy atom. The Labute approximate surface area is 125 Å². The van der Waals surface area contributed by atoms with E-state index in [1.165, 1.54) is 0 Å². The molecule has 1 aromatic rings. The number of hydrogen-bond acceptors (Lipinski definition) is 3. The van der Waals surface area contributed by atoms with Crippen molar-refractivity contribution in [2.75, 3.05) is 11.9 Å². The van der Waals surface area contributed by atoms with Crippen molar-refractivity contribution in [2.24, 2.45) is 0 Å². The third-order valence-corrected chi connectivity index (χ3v) is 2.35. The van der Waals surface area contributed by atoms with Crippen LogP contribution in [0.1, 0.15) is 27.7 Å². The van der Waals surface area contributed by atoms with Gasteiger partial charge in [-0.15, -0.1) is 0 Å². The first-order valence-corrected chi connectivity index (χ1v) is 6.98. The summed E-state index contributed by atoms with van der Waals surface area (Å²) in [6.45, 7) is 7.42. The topological polar surface area (TPSA) is 79.5 Å². The summed E-state index contributed by atoms with van der Waals surface area (Å²) >= 11 is 0. The van der Waals surface area contributed by atoms with E-state index in [2.05, 4.69) is 16.0 Å². The summed E-state index contributed by atoms with van der Waals surface area (Å²) in [5.74, 6) is 0.293. The van der Waals surface area contributed by atoms with Gasteiger partial charge in [0.2, 0.25) is 5.91 Å². The lowest BCUT2D eigenvalue weighted by Gasteiger charge is -2.15. The Kier molecular flexibility index (Phi) is 6.52. The highest BCUT2D eigenvalue weighted by molar-refractivity contribution is 5.95. The van der Waals surface area contributed by atoms with Crippen LogP contribution in [0, 0.1) is 0 Å². The van der Waals surface area contributed by atoms with Crippen molar-refractivity contribution in [3.63, 3.8) is 0 Å². The minimum Gasteiger partial charge on any atom is -0.489 e. The molecule has 1 aromatic carbocycles. The van der Waals surface area contributed by atoms with Crippen LogP contribution in [0.4, 0.5) is 10.5 Å². The van der Waals surface area contributed by atoms with Gasteiger partial charge in [-0.3, -0.25) is 4.79 Å². The molecular formula is C15H23N3O3. The number of nitrogens with one attached hydrogen (secondary N) is 3. The van der Waals surface area contributed by atoms with E-state index in [0.717, 1.165) is 0 Å². The first kappa shape index (κ1) is 16.8. The van der Waals surface area contributed by atoms with E-state index in [1.807, 2.05) is 39.8 Å². The molecule has 0 aliphatic heterocycles. The summed E-state index contributed by atoms with van der Waals surface area (Å²) in [6.07, 6.45) is 0.0120. The van der Waals surface area contributed by atoms with Gasteiger partial charge in [-0.05, 0) is 39.8 Å². The summed E-state index contributed by atoms with van der Waals surface area (Å²) in [4.78, 5) is 23.2. The lowest BCUT2D eigenvalue weighted by molar-refractivity contribution is -0.115. The highest BCUT2D eigenvalue weighted by Crippen LogP contribution is 2.24. The van der Waals surface area contributed by atoms with Gasteiger partial charge < -0.3 is 20.7 Å². The maximum atomic E-state index is 11.8. The molecule has 0 bridgehead atoms. The van der Waals surface area contributed by atoms with Crippen LogP contribution in [-0.4, -0.2) is 30.6 Å². The lowest BCUT2D eigenvalue weighted by Crippen LogP contribution is -2.42. The normalized spacial score (nSPS) is 10.4. The van der Waals surface area contributed by atoms with Crippen molar-refractivity contribution in [1.82, 2.24) is 10.6 Å². The first-order chi connectivity index (χ1) is 9.88. The van der Waals surface area contributed by atoms with Crippen LogP contribution in [-0.2, 0) is 4.79 Å². The van der Waals surface area contributed by atoms with Crippen LogP contribution in [0.5, 0.6) is 5.75 Å². The van der Waals surface area contributed by atoms with Crippen LogP contribution in [0.2, 0.25) is 0 Å². The Hall–Kier alpha value is -2.24. The zero-order chi connectivity index (χ0) is 15.8. The second kappa shape index (κ2) is 8.14. The Balaban J connectivity index is 2.53. The molecule has 0 saturated carbocycles. The predicted octanol–water partition coefficient (Wildman–Crippen LogP) is 2.12. The number of carbonyl (C=O) groups excluding carboxylic acids is 2. The van der Waals surface area contributed by atoms with E-state index in [0.29, 0.717) is 11.4 Å². The number of anilines is 1. The zero-order valence-corrected chi connectivity index (χ0v) is 12.9. The van der Waals surface area contributed by atoms with Gasteiger partial charge in [0.05, 0.1) is 18.3 Å². The second-order valence-electron chi connectivity index (χ2n) is 5.19. The molecule has 0 atom stereocenters. The molecular weight excluding hydrogens is 270 g/mol. The lowest BCUT2D eigenvalue weighted by atomic mass is 10.3. The molecule has 21 heavy (non-hydrogen) atoms. The Bertz CT molecular complexity index is 487. The van der Waals surface area contributed by atoms with E-state index in [9.17, 15) is 9.59 Å². The molecule has 0 spiro atoms. The van der Waals surface area contributed by atoms with Crippen LogP contribution < -0.4 is 20.7 Å². The molecule has 3 amide bonds. The summed E-state index contributed by atoms with van der Waals surface area (Å²) in [7, 11) is 0. The van der Waals surface area contributed by atoms with Gasteiger partial charge in [-0.1, -0.05) is 12.1 Å². The van der Waals surface area contributed by atoms with Crippen molar-refractivity contribution < 1.29 is 14.3 Å². The maximum absolute atomic E-state index is 11.8. The van der Waals surface area contributed by atoms with Crippen molar-refractivity contribution >= 4 is 17.6 Å². The molecule has 6 heteroatoms. The molecule has 0 aliphatic carbocycles. The van der Waals surface area contributed by atoms with E-state index in [1.54, 1.807) is 12.1 Å². The van der Waals surface area contributed by atoms with Crippen LogP contribution >= 0.6 is 0 Å². The third kappa shape index (κ3) is 6.65. The third-order valence-electron chi connectivity index (χ3n) is 2.35. The summed E-state index contributed by atoms with van der Waals surface area (Å²) in [6, 6.07) is 6.84. The largest absolute Gasteiger partial charge is 0.489 e. The average Bonchev–Trinajstić information content (AvgIpc) is 2.37. The number of carbonyl (C=O) groups is 2. The average molecular weight is 293 g/mol. The summed E-state index contributed by atoms with van der Waals surface area (Å²) in [5, 5.41) is 7.85. The number of amides is 3. The standard InChI is InChI=1S/C15H23N3O3/c1-10(2)17-15(20)16-9-14(19)18-12-7-5-6-8-13(12)21-11(3)4/h5-8,10-11H,9H2,1-4H3,(H,18,19)(H2,16,17,20). The van der Waals surface area contributed by atoms with Crippen LogP contribution in [0.25, 0.3) is 0 Å². The van der Waals surface area contributed by atoms with Crippen LogP contribution in [0.3, 0.4) is 0 Å². The van der Waals surface area contributed by atoms with E-state index >= 15 is 0 Å². The van der Waals surface area contributed by atoms with Crippen molar-refractivity contribution in [3.8, 4) is 5.75 Å². The first-order valence-electron chi connectivity index (χ1n) is 6.98. The fourth-order valence-electron chi connectivity index (χ4n) is 1.59. The zero-order valence-electron chi connectivity index (χ0n) is 12.9. The Morgan fingerprint density at radius 3 is 2.43 bits per heavy atom. The number of para-hydroxylation sites is 2. The minimum absolute atomic E-state index is 0.0120. The second-order valence-corrected chi connectivity index (χ2v) is 5.19. The minimum atomic E-state index is -0.369. The highest BCUT2D eigenvalue weighted by Gasteiger charge is 2.10. The van der Waals surface area contributed by atoms with Gasteiger partial charge in [-0.2, -0.15) is 0 Å². The van der Waals surface area contributed by atoms with Gasteiger partial charge in [0.25, 0.3) is 0 Å². The quantitative estimate of drug-likeness (QED) is 0.751. The SMILES string of the molecule is CC(C)NC(=O)NCC(=O)Nc1ccccc1OC(C)C. The van der Waals surface area contributed by atoms with Crippen LogP contribution in [0.15, 0.2) is 24.3 Å². The van der Waals surface area contributed by atoms with Gasteiger partial charge in [0.15, 0.2) is 0 Å². The predicted molar refractivity (Wildman–Crippen MR) is 82.5 cm³/mol. The van der Waals surface area contributed by atoms with Gasteiger partial charge in [0, 0.05) is 6.04 Å². The molecule has 6 nitrogen and oxygen atoms in total. The Morgan fingerprint density at radius 2 is 1.81 bits per heavy atom. The molecule has 0 saturated heterocycles. The van der Waals surface area contributed by atoms with E-state index in [-0.39, 0.29) is 30.6 Å². The van der Waals surface area contributed by atoms with Gasteiger partial charge in [0.1, 0.15) is 5.75 Å². The fraction of sp³-hybridized carbons (Fsp3) is 0.467. The van der Waals surface area contributed by atoms with Gasteiger partial charge in [-0.25, -0.2) is 4.79 Å². The fourth-order valence-corrected chi connectivity index (χ4v) is 1.59. The van der Waals surface area contributed by atoms with E-state index in [4.69, 9.17) is 4.74 Å². The number of urea groups is 1. The molecule has 116 valence electrons. The molecule has 0 aromatic heterocycles. The smallest absolute Gasteiger partial charge is 0.315 e. The maximum Gasteiger partial charge on any atom is 0.315 e. The van der Waals surface area contributed by atoms with Crippen molar-refractivity contribution in [3.05, 3.63) is 24.3 Å². The molecule has 0 unspecified atom stereocenters.